The molecule has 6 nitrogen and oxygen atoms in total. The van der Waals surface area contributed by atoms with E-state index in [0.717, 1.165) is 22.2 Å². The van der Waals surface area contributed by atoms with Crippen LogP contribution in [0.3, 0.4) is 0 Å². The fourth-order valence-corrected chi connectivity index (χ4v) is 4.15. The predicted octanol–water partition coefficient (Wildman–Crippen LogP) is 4.39. The lowest BCUT2D eigenvalue weighted by molar-refractivity contribution is 0.741. The third kappa shape index (κ3) is 3.04. The maximum absolute atomic E-state index is 13.6. The van der Waals surface area contributed by atoms with Crippen molar-refractivity contribution in [3.63, 3.8) is 0 Å². The molecule has 0 fully saturated rings. The van der Waals surface area contributed by atoms with Crippen LogP contribution in [0, 0.1) is 0 Å². The number of nitrogens with zero attached hydrogens (tertiary/aromatic N) is 5. The minimum absolute atomic E-state index is 0.111. The van der Waals surface area contributed by atoms with Crippen molar-refractivity contribution in [1.82, 2.24) is 24.1 Å². The van der Waals surface area contributed by atoms with Crippen LogP contribution in [0.5, 0.6) is 0 Å². The lowest BCUT2D eigenvalue weighted by Gasteiger charge is -2.08. The van der Waals surface area contributed by atoms with Gasteiger partial charge in [-0.1, -0.05) is 72.8 Å². The Morgan fingerprint density at radius 2 is 1.25 bits per heavy atom. The molecule has 3 heterocycles. The van der Waals surface area contributed by atoms with Crippen molar-refractivity contribution in [3.05, 3.63) is 113 Å². The van der Waals surface area contributed by atoms with Crippen molar-refractivity contribution in [3.8, 4) is 0 Å². The van der Waals surface area contributed by atoms with Crippen molar-refractivity contribution >= 4 is 33.2 Å². The smallest absolute Gasteiger partial charge is 0.265 e. The monoisotopic (exact) mass is 417 g/mol. The molecule has 0 amide bonds. The molecule has 6 aromatic rings. The molecule has 3 aromatic carbocycles. The first-order valence-electron chi connectivity index (χ1n) is 10.5. The largest absolute Gasteiger partial charge is 0.304 e. The van der Waals surface area contributed by atoms with E-state index in [-0.39, 0.29) is 5.56 Å². The molecule has 0 unspecified atom stereocenters. The first kappa shape index (κ1) is 18.4. The molecular formula is C26H19N5O. The number of hydrogen-bond acceptors (Lipinski definition) is 4. The molecule has 0 aliphatic heterocycles. The van der Waals surface area contributed by atoms with Gasteiger partial charge in [-0.2, -0.15) is 0 Å². The van der Waals surface area contributed by atoms with Gasteiger partial charge in [0, 0.05) is 0 Å². The van der Waals surface area contributed by atoms with Crippen LogP contribution in [0.4, 0.5) is 0 Å². The van der Waals surface area contributed by atoms with Crippen LogP contribution in [-0.2, 0) is 13.1 Å². The molecule has 3 aromatic heterocycles. The first-order chi connectivity index (χ1) is 15.8. The van der Waals surface area contributed by atoms with E-state index < -0.39 is 0 Å². The van der Waals surface area contributed by atoms with E-state index in [2.05, 4.69) is 12.1 Å². The van der Waals surface area contributed by atoms with E-state index >= 15 is 0 Å². The topological polar surface area (TPSA) is 65.6 Å². The summed E-state index contributed by atoms with van der Waals surface area (Å²) >= 11 is 0. The Labute approximate surface area is 183 Å². The summed E-state index contributed by atoms with van der Waals surface area (Å²) in [4.78, 5) is 28.0. The second kappa shape index (κ2) is 7.42. The molecule has 6 rings (SSSR count). The summed E-state index contributed by atoms with van der Waals surface area (Å²) in [5.74, 6) is 0. The van der Waals surface area contributed by atoms with Gasteiger partial charge in [0.2, 0.25) is 0 Å². The number of para-hydroxylation sites is 2. The zero-order valence-electron chi connectivity index (χ0n) is 17.2. The van der Waals surface area contributed by atoms with Gasteiger partial charge in [-0.15, -0.1) is 0 Å². The van der Waals surface area contributed by atoms with Gasteiger partial charge in [-0.3, -0.25) is 9.36 Å². The molecule has 0 saturated carbocycles. The SMILES string of the molecule is O=c1c2c3nc4ccccc4nc3n(Cc3ccccc3)c2ncn1Cc1ccccc1. The van der Waals surface area contributed by atoms with Crippen LogP contribution >= 0.6 is 0 Å². The molecule has 0 spiro atoms. The highest BCUT2D eigenvalue weighted by Gasteiger charge is 2.20. The van der Waals surface area contributed by atoms with E-state index in [0.29, 0.717) is 35.3 Å². The number of hydrogen-bond donors (Lipinski definition) is 0. The van der Waals surface area contributed by atoms with Gasteiger partial charge in [0.1, 0.15) is 17.2 Å². The normalized spacial score (nSPS) is 11.5. The molecule has 0 aliphatic carbocycles. The summed E-state index contributed by atoms with van der Waals surface area (Å²) in [5.41, 5.74) is 5.46. The molecule has 6 heteroatoms. The molecule has 0 radical (unpaired) electrons. The van der Waals surface area contributed by atoms with Gasteiger partial charge in [-0.25, -0.2) is 15.0 Å². The van der Waals surface area contributed by atoms with E-state index in [1.807, 2.05) is 77.4 Å². The fourth-order valence-electron chi connectivity index (χ4n) is 4.15. The number of rotatable bonds is 4. The Bertz CT molecular complexity index is 1640. The van der Waals surface area contributed by atoms with Crippen molar-refractivity contribution in [2.45, 2.75) is 13.1 Å². The van der Waals surface area contributed by atoms with Crippen LogP contribution in [-0.4, -0.2) is 24.1 Å². The van der Waals surface area contributed by atoms with Crippen LogP contribution in [0.15, 0.2) is 96.1 Å². The molecule has 154 valence electrons. The summed E-state index contributed by atoms with van der Waals surface area (Å²) < 4.78 is 3.63. The van der Waals surface area contributed by atoms with Crippen LogP contribution in [0.25, 0.3) is 33.2 Å². The maximum Gasteiger partial charge on any atom is 0.265 e. The molecule has 0 atom stereocenters. The average molecular weight is 417 g/mol. The van der Waals surface area contributed by atoms with Crippen LogP contribution in [0.2, 0.25) is 0 Å². The zero-order valence-corrected chi connectivity index (χ0v) is 17.2. The molecule has 32 heavy (non-hydrogen) atoms. The van der Waals surface area contributed by atoms with Gasteiger partial charge in [0.25, 0.3) is 5.56 Å². The van der Waals surface area contributed by atoms with E-state index in [1.165, 1.54) is 0 Å². The van der Waals surface area contributed by atoms with Gasteiger partial charge in [0.05, 0.1) is 24.1 Å². The lowest BCUT2D eigenvalue weighted by Crippen LogP contribution is -2.21. The molecule has 0 bridgehead atoms. The zero-order chi connectivity index (χ0) is 21.5. The molecule has 0 saturated heterocycles. The van der Waals surface area contributed by atoms with Crippen molar-refractivity contribution in [2.24, 2.45) is 0 Å². The summed E-state index contributed by atoms with van der Waals surface area (Å²) in [6.45, 7) is 1.01. The number of aromatic nitrogens is 5. The Balaban J connectivity index is 1.63. The molecule has 0 aliphatic rings. The average Bonchev–Trinajstić information content (AvgIpc) is 3.14. The number of fused-ring (bicyclic) bond motifs is 4. The summed E-state index contributed by atoms with van der Waals surface area (Å²) in [6.07, 6.45) is 1.62. The Hall–Kier alpha value is -4.32. The Morgan fingerprint density at radius 3 is 1.94 bits per heavy atom. The summed E-state index contributed by atoms with van der Waals surface area (Å²) in [5, 5.41) is 0.507. The second-order valence-corrected chi connectivity index (χ2v) is 7.82. The van der Waals surface area contributed by atoms with Crippen LogP contribution in [0.1, 0.15) is 11.1 Å². The van der Waals surface area contributed by atoms with Crippen molar-refractivity contribution in [2.75, 3.05) is 0 Å². The maximum atomic E-state index is 13.6. The van der Waals surface area contributed by atoms with Gasteiger partial charge >= 0.3 is 0 Å². The van der Waals surface area contributed by atoms with E-state index in [4.69, 9.17) is 15.0 Å². The second-order valence-electron chi connectivity index (χ2n) is 7.82. The first-order valence-corrected chi connectivity index (χ1v) is 10.5. The third-order valence-electron chi connectivity index (χ3n) is 5.70. The standard InChI is InChI=1S/C26H19N5O/c32-26-22-23-25(29-21-14-8-7-13-20(21)28-23)31(16-19-11-5-2-6-12-19)24(22)27-17-30(26)15-18-9-3-1-4-10-18/h1-14,17H,15-16H2. The minimum atomic E-state index is -0.111. The van der Waals surface area contributed by atoms with E-state index in [1.54, 1.807) is 10.9 Å². The van der Waals surface area contributed by atoms with Gasteiger partial charge in [0.15, 0.2) is 11.3 Å². The highest BCUT2D eigenvalue weighted by atomic mass is 16.1. The van der Waals surface area contributed by atoms with Gasteiger partial charge < -0.3 is 4.57 Å². The van der Waals surface area contributed by atoms with Crippen molar-refractivity contribution < 1.29 is 0 Å². The quantitative estimate of drug-likeness (QED) is 0.427. The summed E-state index contributed by atoms with van der Waals surface area (Å²) in [6, 6.07) is 27.7. The van der Waals surface area contributed by atoms with Crippen molar-refractivity contribution in [1.29, 1.82) is 0 Å². The minimum Gasteiger partial charge on any atom is -0.304 e. The Morgan fingerprint density at radius 1 is 0.656 bits per heavy atom. The van der Waals surface area contributed by atoms with Gasteiger partial charge in [-0.05, 0) is 23.3 Å². The van der Waals surface area contributed by atoms with E-state index in [9.17, 15) is 4.79 Å². The van der Waals surface area contributed by atoms with Crippen LogP contribution < -0.4 is 5.56 Å². The lowest BCUT2D eigenvalue weighted by atomic mass is 10.2. The predicted molar refractivity (Wildman–Crippen MR) is 126 cm³/mol. The highest BCUT2D eigenvalue weighted by Crippen LogP contribution is 2.26. The summed E-state index contributed by atoms with van der Waals surface area (Å²) in [7, 11) is 0. The Kier molecular flexibility index (Phi) is 4.28. The molecular weight excluding hydrogens is 398 g/mol. The number of benzene rings is 3. The highest BCUT2D eigenvalue weighted by molar-refractivity contribution is 6.04. The molecule has 0 N–H and O–H groups in total. The fraction of sp³-hybridized carbons (Fsp3) is 0.0769. The third-order valence-corrected chi connectivity index (χ3v) is 5.70.